The molecule has 1 atom stereocenters. The Morgan fingerprint density at radius 3 is 2.80 bits per heavy atom. The van der Waals surface area contributed by atoms with Crippen molar-refractivity contribution in [3.8, 4) is 0 Å². The van der Waals surface area contributed by atoms with E-state index in [1.807, 2.05) is 17.5 Å². The van der Waals surface area contributed by atoms with E-state index in [0.717, 1.165) is 9.35 Å². The number of rotatable bonds is 5. The van der Waals surface area contributed by atoms with Crippen LogP contribution in [0.15, 0.2) is 40.2 Å². The van der Waals surface area contributed by atoms with Crippen LogP contribution in [0, 0.1) is 0 Å². The summed E-state index contributed by atoms with van der Waals surface area (Å²) in [6, 6.07) is 9.11. The van der Waals surface area contributed by atoms with Gasteiger partial charge in [0, 0.05) is 26.5 Å². The van der Waals surface area contributed by atoms with Gasteiger partial charge in [0.2, 0.25) is 0 Å². The van der Waals surface area contributed by atoms with Crippen molar-refractivity contribution in [3.63, 3.8) is 0 Å². The zero-order valence-electron chi connectivity index (χ0n) is 10.7. The van der Waals surface area contributed by atoms with Crippen molar-refractivity contribution in [2.24, 2.45) is 0 Å². The molecule has 0 fully saturated rings. The van der Waals surface area contributed by atoms with Gasteiger partial charge in [0.25, 0.3) is 0 Å². The second-order valence-electron chi connectivity index (χ2n) is 4.49. The molecule has 0 spiro atoms. The van der Waals surface area contributed by atoms with Crippen molar-refractivity contribution < 1.29 is 9.90 Å². The number of thiophene rings is 1. The normalized spacial score (nSPS) is 13.9. The van der Waals surface area contributed by atoms with Gasteiger partial charge in [-0.3, -0.25) is 5.32 Å². The zero-order valence-corrected chi connectivity index (χ0v) is 13.8. The minimum absolute atomic E-state index is 0.419. The quantitative estimate of drug-likeness (QED) is 0.822. The van der Waals surface area contributed by atoms with Gasteiger partial charge in [0.1, 0.15) is 5.54 Å². The molecule has 106 valence electrons. The molecule has 2 aromatic rings. The first-order valence-corrected chi connectivity index (χ1v) is 7.95. The highest BCUT2D eigenvalue weighted by molar-refractivity contribution is 9.10. The molecule has 1 unspecified atom stereocenters. The predicted molar refractivity (Wildman–Crippen MR) is 85.3 cm³/mol. The lowest BCUT2D eigenvalue weighted by atomic mass is 9.92. The van der Waals surface area contributed by atoms with Gasteiger partial charge in [0.15, 0.2) is 0 Å². The Kier molecular flexibility index (Phi) is 4.86. The van der Waals surface area contributed by atoms with Crippen molar-refractivity contribution in [1.29, 1.82) is 0 Å². The van der Waals surface area contributed by atoms with Crippen LogP contribution in [0.25, 0.3) is 0 Å². The number of nitrogens with one attached hydrogen (secondary N) is 1. The molecule has 0 aliphatic carbocycles. The molecule has 1 aromatic carbocycles. The molecular formula is C14H13BrClNO2S. The highest BCUT2D eigenvalue weighted by Crippen LogP contribution is 2.31. The maximum atomic E-state index is 11.7. The van der Waals surface area contributed by atoms with Crippen LogP contribution in [-0.2, 0) is 16.9 Å². The zero-order chi connectivity index (χ0) is 14.8. The first-order valence-electron chi connectivity index (χ1n) is 5.90. The third-order valence-electron chi connectivity index (χ3n) is 3.09. The Labute approximate surface area is 134 Å². The fourth-order valence-electron chi connectivity index (χ4n) is 1.86. The Hall–Kier alpha value is -0.880. The maximum Gasteiger partial charge on any atom is 0.328 e. The van der Waals surface area contributed by atoms with Crippen LogP contribution < -0.4 is 5.32 Å². The summed E-state index contributed by atoms with van der Waals surface area (Å²) >= 11 is 11.1. The van der Waals surface area contributed by atoms with Crippen LogP contribution in [0.4, 0.5) is 0 Å². The number of halogens is 2. The molecule has 0 radical (unpaired) electrons. The lowest BCUT2D eigenvalue weighted by molar-refractivity contribution is -0.144. The Bertz CT molecular complexity index is 618. The number of carboxylic acids is 1. The Morgan fingerprint density at radius 2 is 2.25 bits per heavy atom. The largest absolute Gasteiger partial charge is 0.480 e. The third kappa shape index (κ3) is 3.23. The Morgan fingerprint density at radius 1 is 1.50 bits per heavy atom. The number of carbonyl (C=O) groups is 1. The summed E-state index contributed by atoms with van der Waals surface area (Å²) in [5.41, 5.74) is -0.687. The van der Waals surface area contributed by atoms with Crippen LogP contribution in [0.2, 0.25) is 5.02 Å². The van der Waals surface area contributed by atoms with Gasteiger partial charge >= 0.3 is 5.97 Å². The van der Waals surface area contributed by atoms with Crippen LogP contribution >= 0.6 is 38.9 Å². The summed E-state index contributed by atoms with van der Waals surface area (Å²) in [6.07, 6.45) is 0. The number of benzene rings is 1. The molecule has 2 rings (SSSR count). The van der Waals surface area contributed by atoms with Gasteiger partial charge in [0.05, 0.1) is 0 Å². The molecule has 0 aliphatic heterocycles. The fraction of sp³-hybridized carbons (Fsp3) is 0.214. The van der Waals surface area contributed by atoms with E-state index in [1.54, 1.807) is 36.5 Å². The first kappa shape index (κ1) is 15.5. The second-order valence-corrected chi connectivity index (χ2v) is 6.84. The molecule has 2 N–H and O–H groups in total. The van der Waals surface area contributed by atoms with Crippen molar-refractivity contribution in [1.82, 2.24) is 5.32 Å². The van der Waals surface area contributed by atoms with Crippen molar-refractivity contribution >= 4 is 44.8 Å². The molecule has 1 aromatic heterocycles. The van der Waals surface area contributed by atoms with E-state index in [4.69, 9.17) is 11.6 Å². The monoisotopic (exact) mass is 373 g/mol. The summed E-state index contributed by atoms with van der Waals surface area (Å²) in [7, 11) is 0. The lowest BCUT2D eigenvalue weighted by Gasteiger charge is -2.27. The molecule has 0 saturated heterocycles. The van der Waals surface area contributed by atoms with Crippen molar-refractivity contribution in [3.05, 3.63) is 55.6 Å². The summed E-state index contributed by atoms with van der Waals surface area (Å²) in [6.45, 7) is 2.10. The highest BCUT2D eigenvalue weighted by Gasteiger charge is 2.36. The van der Waals surface area contributed by atoms with Gasteiger partial charge in [-0.2, -0.15) is 0 Å². The van der Waals surface area contributed by atoms with Gasteiger partial charge < -0.3 is 5.11 Å². The van der Waals surface area contributed by atoms with E-state index >= 15 is 0 Å². The SMILES string of the molecule is CC(NCc1cccs1)(C(=O)O)c1ccc(Br)cc1Cl. The number of aliphatic carboxylic acids is 1. The number of hydrogen-bond donors (Lipinski definition) is 2. The highest BCUT2D eigenvalue weighted by atomic mass is 79.9. The molecule has 3 nitrogen and oxygen atoms in total. The molecule has 6 heteroatoms. The lowest BCUT2D eigenvalue weighted by Crippen LogP contribution is -2.46. The van der Waals surface area contributed by atoms with E-state index in [1.165, 1.54) is 0 Å². The van der Waals surface area contributed by atoms with Gasteiger partial charge in [-0.25, -0.2) is 4.79 Å². The summed E-state index contributed by atoms with van der Waals surface area (Å²) in [4.78, 5) is 12.8. The van der Waals surface area contributed by atoms with Crippen LogP contribution in [0.5, 0.6) is 0 Å². The molecular weight excluding hydrogens is 362 g/mol. The van der Waals surface area contributed by atoms with Gasteiger partial charge in [-0.05, 0) is 30.5 Å². The van der Waals surface area contributed by atoms with E-state index < -0.39 is 11.5 Å². The molecule has 0 aliphatic rings. The van der Waals surface area contributed by atoms with Crippen molar-refractivity contribution in [2.45, 2.75) is 19.0 Å². The van der Waals surface area contributed by atoms with Crippen LogP contribution in [0.3, 0.4) is 0 Å². The van der Waals surface area contributed by atoms with E-state index in [9.17, 15) is 9.90 Å². The number of hydrogen-bond acceptors (Lipinski definition) is 3. The van der Waals surface area contributed by atoms with Crippen LogP contribution in [-0.4, -0.2) is 11.1 Å². The average Bonchev–Trinajstić information content (AvgIpc) is 2.88. The standard InChI is InChI=1S/C14H13BrClNO2S/c1-14(13(18)19,17-8-10-3-2-6-20-10)11-5-4-9(15)7-12(11)16/h2-7,17H,8H2,1H3,(H,18,19). The summed E-state index contributed by atoms with van der Waals surface area (Å²) in [5, 5.41) is 15.0. The van der Waals surface area contributed by atoms with Crippen molar-refractivity contribution in [2.75, 3.05) is 0 Å². The predicted octanol–water partition coefficient (Wildman–Crippen LogP) is 4.25. The molecule has 0 amide bonds. The second kappa shape index (κ2) is 6.26. The fourth-order valence-corrected chi connectivity index (χ4v) is 3.37. The summed E-state index contributed by atoms with van der Waals surface area (Å²) in [5.74, 6) is -0.960. The van der Waals surface area contributed by atoms with Gasteiger partial charge in [-0.1, -0.05) is 39.7 Å². The third-order valence-corrected chi connectivity index (χ3v) is 4.78. The Balaban J connectivity index is 2.31. The van der Waals surface area contributed by atoms with Gasteiger partial charge in [-0.15, -0.1) is 11.3 Å². The summed E-state index contributed by atoms with van der Waals surface area (Å²) < 4.78 is 0.817. The topological polar surface area (TPSA) is 49.3 Å². The minimum Gasteiger partial charge on any atom is -0.480 e. The maximum absolute atomic E-state index is 11.7. The van der Waals surface area contributed by atoms with E-state index in [0.29, 0.717) is 17.1 Å². The smallest absolute Gasteiger partial charge is 0.328 e. The first-order chi connectivity index (χ1) is 9.43. The molecule has 0 bridgehead atoms. The molecule has 20 heavy (non-hydrogen) atoms. The molecule has 0 saturated carbocycles. The van der Waals surface area contributed by atoms with E-state index in [-0.39, 0.29) is 0 Å². The number of carboxylic acid groups (broad SMARTS) is 1. The molecule has 1 heterocycles. The van der Waals surface area contributed by atoms with Crippen LogP contribution in [0.1, 0.15) is 17.4 Å². The van der Waals surface area contributed by atoms with E-state index in [2.05, 4.69) is 21.2 Å². The minimum atomic E-state index is -1.23. The average molecular weight is 375 g/mol.